The quantitative estimate of drug-likeness (QED) is 0.176. The molecule has 0 fully saturated rings. The summed E-state index contributed by atoms with van der Waals surface area (Å²) in [5.41, 5.74) is 0.292. The van der Waals surface area contributed by atoms with Gasteiger partial charge in [0, 0.05) is 8.41 Å². The number of ketones is 2. The Morgan fingerprint density at radius 3 is 1.76 bits per heavy atom. The Morgan fingerprint density at radius 1 is 1.06 bits per heavy atom. The van der Waals surface area contributed by atoms with E-state index >= 15 is 0 Å². The first-order valence-electron chi connectivity index (χ1n) is 8.56. The number of aromatic hydroxyl groups is 3. The number of thiol groups is 1. The summed E-state index contributed by atoms with van der Waals surface area (Å²) in [7, 11) is 3.20. The summed E-state index contributed by atoms with van der Waals surface area (Å²) in [4.78, 5) is 21.8. The van der Waals surface area contributed by atoms with Crippen molar-refractivity contribution in [2.24, 2.45) is 4.30 Å². The summed E-state index contributed by atoms with van der Waals surface area (Å²) in [6.45, 7) is 7.61. The van der Waals surface area contributed by atoms with E-state index in [1.54, 1.807) is 12.1 Å². The van der Waals surface area contributed by atoms with Crippen LogP contribution in [0.25, 0.3) is 0 Å². The second-order valence-corrected chi connectivity index (χ2v) is 14.5. The second-order valence-electron chi connectivity index (χ2n) is 6.77. The van der Waals surface area contributed by atoms with Crippen LogP contribution in [0, 0.1) is 0 Å². The molecule has 33 heavy (non-hydrogen) atoms. The summed E-state index contributed by atoms with van der Waals surface area (Å²) in [6, 6.07) is 8.97. The fourth-order valence-corrected chi connectivity index (χ4v) is 2.02. The van der Waals surface area contributed by atoms with Gasteiger partial charge in [-0.3, -0.25) is 9.59 Å². The number of benzene rings is 2. The van der Waals surface area contributed by atoms with E-state index < -0.39 is 7.38 Å². The van der Waals surface area contributed by atoms with E-state index in [0.29, 0.717) is 11.3 Å². The fourth-order valence-electron chi connectivity index (χ4n) is 2.02. The van der Waals surface area contributed by atoms with Crippen molar-refractivity contribution in [2.45, 2.75) is 41.4 Å². The average Bonchev–Trinajstić information content (AvgIpc) is 2.97. The number of phenolic OH excluding ortho intramolecular Hbond substituents is 3. The standard InChI is InChI=1S/C8H6O3.C8H8O3.C3H9ClSi.2CH4.BHNS.B/c9-5-2-1-3-7-8(5)6(10)4-11-7;1-5(9)8-6(10)3-2-4-7(8)11;1-5(2,3)4;;;1-2-3;/h1-3,9H,4H2;2-4,10-11H,1H3;1-3H3;2*1H4;3H;. The molecule has 0 aliphatic carbocycles. The van der Waals surface area contributed by atoms with Gasteiger partial charge in [-0.1, -0.05) is 46.6 Å². The molecule has 7 nitrogen and oxygen atoms in total. The summed E-state index contributed by atoms with van der Waals surface area (Å²) >= 11 is 8.86. The van der Waals surface area contributed by atoms with Crippen LogP contribution in [0.4, 0.5) is 0 Å². The summed E-state index contributed by atoms with van der Waals surface area (Å²) in [6.07, 6.45) is 0. The molecule has 0 atom stereocenters. The van der Waals surface area contributed by atoms with Gasteiger partial charge in [-0.2, -0.15) is 11.1 Å². The van der Waals surface area contributed by atoms with Crippen LogP contribution in [0.3, 0.4) is 0 Å². The number of fused-ring (bicyclic) bond motifs is 1. The van der Waals surface area contributed by atoms with Gasteiger partial charge in [0.05, 0.1) is 0 Å². The van der Waals surface area contributed by atoms with Crippen LogP contribution < -0.4 is 4.74 Å². The van der Waals surface area contributed by atoms with E-state index in [9.17, 15) is 14.7 Å². The van der Waals surface area contributed by atoms with Crippen LogP contribution in [-0.4, -0.2) is 56.9 Å². The van der Waals surface area contributed by atoms with Crippen molar-refractivity contribution in [3.8, 4) is 23.0 Å². The minimum atomic E-state index is -1.14. The molecular weight excluding hydrogens is 479 g/mol. The minimum absolute atomic E-state index is 0. The van der Waals surface area contributed by atoms with Gasteiger partial charge in [0.1, 0.15) is 41.5 Å². The molecule has 3 N–H and O–H groups in total. The number of hydrogen-bond donors (Lipinski definition) is 4. The summed E-state index contributed by atoms with van der Waals surface area (Å²) in [5, 5.41) is 27.4. The van der Waals surface area contributed by atoms with Gasteiger partial charge in [0.25, 0.3) is 0 Å². The molecule has 3 rings (SSSR count). The molecule has 0 saturated heterocycles. The van der Waals surface area contributed by atoms with Crippen LogP contribution in [0.5, 0.6) is 23.0 Å². The van der Waals surface area contributed by atoms with E-state index in [2.05, 4.69) is 44.4 Å². The van der Waals surface area contributed by atoms with Crippen molar-refractivity contribution in [3.63, 3.8) is 0 Å². The maximum atomic E-state index is 11.0. The predicted molar refractivity (Wildman–Crippen MR) is 143 cm³/mol. The van der Waals surface area contributed by atoms with Crippen LogP contribution in [0.1, 0.15) is 42.5 Å². The summed E-state index contributed by atoms with van der Waals surface area (Å²) < 4.78 is 7.68. The first-order chi connectivity index (χ1) is 13.8. The van der Waals surface area contributed by atoms with Gasteiger partial charge in [-0.25, -0.2) is 0 Å². The zero-order valence-corrected chi connectivity index (χ0v) is 20.3. The zero-order valence-electron chi connectivity index (χ0n) is 17.7. The van der Waals surface area contributed by atoms with Crippen LogP contribution in [0.2, 0.25) is 19.6 Å². The topological polar surface area (TPSA) is 116 Å². The van der Waals surface area contributed by atoms with E-state index in [4.69, 9.17) is 26.0 Å². The third-order valence-corrected chi connectivity index (χ3v) is 3.01. The Labute approximate surface area is 211 Å². The van der Waals surface area contributed by atoms with Gasteiger partial charge in [-0.05, 0) is 31.2 Å². The SMILES string of the molecule is C.C.CC(=O)c1c(O)cccc1O.C[Si](C)(C)Cl.O=C1COc2cccc(O)c21.[B].[B]=NS. The van der Waals surface area contributed by atoms with Crippen molar-refractivity contribution in [3.05, 3.63) is 47.5 Å². The number of ether oxygens (including phenoxy) is 1. The van der Waals surface area contributed by atoms with Crippen LogP contribution in [-0.2, 0) is 0 Å². The Bertz CT molecular complexity index is 855. The molecule has 4 radical (unpaired) electrons. The van der Waals surface area contributed by atoms with Crippen molar-refractivity contribution in [1.82, 2.24) is 0 Å². The normalized spacial score (nSPS) is 10.2. The molecule has 1 aliphatic heterocycles. The third-order valence-electron chi connectivity index (χ3n) is 3.01. The van der Waals surface area contributed by atoms with Gasteiger partial charge in [-0.15, -0.1) is 0 Å². The van der Waals surface area contributed by atoms with Crippen molar-refractivity contribution in [1.29, 1.82) is 0 Å². The molecule has 0 aromatic heterocycles. The molecular formula is C21H32B2ClNO6SSi. The van der Waals surface area contributed by atoms with Crippen LogP contribution >= 0.6 is 23.9 Å². The first-order valence-corrected chi connectivity index (χ1v) is 13.5. The van der Waals surface area contributed by atoms with E-state index in [1.807, 2.05) is 0 Å². The predicted octanol–water partition coefficient (Wildman–Crippen LogP) is 5.40. The molecule has 0 unspecified atom stereocenters. The Kier molecular flexibility index (Phi) is 21.0. The number of halogens is 1. The second kappa shape index (κ2) is 18.2. The van der Waals surface area contributed by atoms with Crippen LogP contribution in [0.15, 0.2) is 40.7 Å². The zero-order chi connectivity index (χ0) is 23.5. The van der Waals surface area contributed by atoms with Gasteiger partial charge >= 0.3 is 24.8 Å². The van der Waals surface area contributed by atoms with Gasteiger partial charge in [0.15, 0.2) is 12.4 Å². The maximum absolute atomic E-state index is 11.0. The van der Waals surface area contributed by atoms with Gasteiger partial charge < -0.3 is 20.1 Å². The molecule has 1 heterocycles. The number of rotatable bonds is 1. The molecule has 0 bridgehead atoms. The molecule has 1 aliphatic rings. The number of Topliss-reactive ketones (excluding diaryl/α,β-unsaturated/α-hetero) is 2. The monoisotopic (exact) mass is 511 g/mol. The first kappa shape index (κ1) is 38.0. The Balaban J connectivity index is -0.000000182. The van der Waals surface area contributed by atoms with E-state index in [0.717, 1.165) is 0 Å². The number of carbonyl (C=O) groups is 2. The molecule has 0 saturated carbocycles. The number of carbonyl (C=O) groups excluding carboxylic acids is 2. The fraction of sp³-hybridized carbons (Fsp3) is 0.333. The number of phenols is 3. The summed E-state index contributed by atoms with van der Waals surface area (Å²) in [5.74, 6) is -0.381. The van der Waals surface area contributed by atoms with Crippen molar-refractivity contribution < 1.29 is 29.6 Å². The van der Waals surface area contributed by atoms with E-state index in [1.165, 1.54) is 31.2 Å². The average molecular weight is 512 g/mol. The van der Waals surface area contributed by atoms with E-state index in [-0.39, 0.29) is 64.3 Å². The third kappa shape index (κ3) is 15.3. The van der Waals surface area contributed by atoms with Gasteiger partial charge in [0.2, 0.25) is 5.78 Å². The molecule has 2 aromatic carbocycles. The molecule has 12 heteroatoms. The van der Waals surface area contributed by atoms with Crippen molar-refractivity contribution in [2.75, 3.05) is 6.61 Å². The Morgan fingerprint density at radius 2 is 1.42 bits per heavy atom. The molecule has 180 valence electrons. The van der Waals surface area contributed by atoms with Crippen molar-refractivity contribution >= 4 is 58.9 Å². The number of nitrogens with zero attached hydrogens (tertiary/aromatic N) is 1. The molecule has 2 aromatic rings. The number of hydrogen-bond acceptors (Lipinski definition) is 8. The Hall–Kier alpha value is -2.23. The molecule has 0 spiro atoms. The molecule has 0 amide bonds.